The van der Waals surface area contributed by atoms with Crippen LogP contribution < -0.4 is 4.72 Å². The second-order valence-corrected chi connectivity index (χ2v) is 6.12. The molecule has 8 heteroatoms. The Morgan fingerprint density at radius 2 is 2.19 bits per heavy atom. The zero-order chi connectivity index (χ0) is 15.6. The van der Waals surface area contributed by atoms with E-state index in [0.717, 1.165) is 18.2 Å². The van der Waals surface area contributed by atoms with Crippen LogP contribution in [0.15, 0.2) is 33.7 Å². The van der Waals surface area contributed by atoms with Gasteiger partial charge in [-0.2, -0.15) is 9.98 Å². The van der Waals surface area contributed by atoms with Crippen LogP contribution in [0.2, 0.25) is 0 Å². The third-order valence-electron chi connectivity index (χ3n) is 2.71. The molecule has 1 unspecified atom stereocenters. The highest BCUT2D eigenvalue weighted by Gasteiger charge is 2.22. The second-order valence-electron chi connectivity index (χ2n) is 4.41. The monoisotopic (exact) mass is 309 g/mol. The van der Waals surface area contributed by atoms with E-state index in [4.69, 9.17) is 9.68 Å². The summed E-state index contributed by atoms with van der Waals surface area (Å²) in [5, 5.41) is 8.74. The summed E-state index contributed by atoms with van der Waals surface area (Å²) in [7, 11) is -3.92. The van der Waals surface area contributed by atoms with Gasteiger partial charge in [-0.25, -0.2) is 17.8 Å². The van der Waals surface area contributed by atoms with E-state index in [1.54, 1.807) is 19.9 Å². The molecule has 6 nitrogen and oxygen atoms in total. The lowest BCUT2D eigenvalue weighted by atomic mass is 10.2. The molecule has 1 aromatic carbocycles. The van der Waals surface area contributed by atoms with Gasteiger partial charge in [0.05, 0.1) is 22.7 Å². The van der Waals surface area contributed by atoms with Crippen molar-refractivity contribution in [2.24, 2.45) is 0 Å². The first-order valence-electron chi connectivity index (χ1n) is 5.98. The van der Waals surface area contributed by atoms with E-state index in [2.05, 4.69) is 9.71 Å². The van der Waals surface area contributed by atoms with Crippen LogP contribution in [0, 0.1) is 24.1 Å². The molecule has 0 saturated carbocycles. The maximum atomic E-state index is 13.2. The van der Waals surface area contributed by atoms with E-state index in [1.165, 1.54) is 6.20 Å². The number of halogens is 1. The molecule has 0 saturated heterocycles. The molecule has 0 aliphatic rings. The number of nitrogens with one attached hydrogen (secondary N) is 1. The van der Waals surface area contributed by atoms with Crippen molar-refractivity contribution >= 4 is 10.0 Å². The van der Waals surface area contributed by atoms with Gasteiger partial charge in [0.25, 0.3) is 0 Å². The Balaban J connectivity index is 2.28. The number of hydrogen-bond donors (Lipinski definition) is 1. The Morgan fingerprint density at radius 1 is 1.48 bits per heavy atom. The van der Waals surface area contributed by atoms with E-state index >= 15 is 0 Å². The molecule has 2 rings (SSSR count). The number of aromatic nitrogens is 1. The highest BCUT2D eigenvalue weighted by atomic mass is 32.2. The average molecular weight is 309 g/mol. The number of nitriles is 1. The fraction of sp³-hybridized carbons (Fsp3) is 0.231. The van der Waals surface area contributed by atoms with Crippen molar-refractivity contribution < 1.29 is 17.2 Å². The van der Waals surface area contributed by atoms with Crippen LogP contribution in [-0.2, 0) is 10.0 Å². The molecule has 1 aromatic heterocycles. The zero-order valence-corrected chi connectivity index (χ0v) is 12.1. The minimum absolute atomic E-state index is 0.199. The molecule has 110 valence electrons. The van der Waals surface area contributed by atoms with Gasteiger partial charge in [0.1, 0.15) is 17.6 Å². The van der Waals surface area contributed by atoms with E-state index < -0.39 is 21.9 Å². The molecule has 1 heterocycles. The largest absolute Gasteiger partial charge is 0.444 e. The quantitative estimate of drug-likeness (QED) is 0.932. The molecule has 1 atom stereocenters. The smallest absolute Gasteiger partial charge is 0.241 e. The molecule has 21 heavy (non-hydrogen) atoms. The van der Waals surface area contributed by atoms with Gasteiger partial charge in [-0.1, -0.05) is 0 Å². The maximum absolute atomic E-state index is 13.2. The summed E-state index contributed by atoms with van der Waals surface area (Å²) in [6.07, 6.45) is 1.48. The number of aryl methyl sites for hydroxylation is 1. The first-order chi connectivity index (χ1) is 9.83. The van der Waals surface area contributed by atoms with Crippen LogP contribution in [0.5, 0.6) is 0 Å². The lowest BCUT2D eigenvalue weighted by Gasteiger charge is -2.11. The molecule has 0 bridgehead atoms. The number of nitrogens with zero attached hydrogens (tertiary/aromatic N) is 2. The van der Waals surface area contributed by atoms with E-state index in [9.17, 15) is 12.8 Å². The predicted octanol–water partition coefficient (Wildman–Crippen LogP) is 2.03. The molecule has 0 fully saturated rings. The normalized spacial score (nSPS) is 12.9. The maximum Gasteiger partial charge on any atom is 0.241 e. The minimum atomic E-state index is -3.92. The van der Waals surface area contributed by atoms with Crippen LogP contribution in [0.25, 0.3) is 0 Å². The lowest BCUT2D eigenvalue weighted by Crippen LogP contribution is -2.27. The molecule has 1 N–H and O–H groups in total. The number of rotatable bonds is 4. The summed E-state index contributed by atoms with van der Waals surface area (Å²) in [6.45, 7) is 3.26. The SMILES string of the molecule is Cc1cnc(C(C)NS(=O)(=O)c2ccc(F)c(C#N)c2)o1. The lowest BCUT2D eigenvalue weighted by molar-refractivity contribution is 0.428. The predicted molar refractivity (Wildman–Crippen MR) is 71.1 cm³/mol. The van der Waals surface area contributed by atoms with Crippen molar-refractivity contribution in [1.82, 2.24) is 9.71 Å². The molecule has 0 aliphatic carbocycles. The van der Waals surface area contributed by atoms with E-state index in [1.807, 2.05) is 0 Å². The molecule has 0 aliphatic heterocycles. The van der Waals surface area contributed by atoms with E-state index in [-0.39, 0.29) is 16.3 Å². The number of benzene rings is 1. The number of sulfonamides is 1. The fourth-order valence-electron chi connectivity index (χ4n) is 1.68. The standard InChI is InChI=1S/C13H12FN3O3S/c1-8-7-16-13(20-8)9(2)17-21(18,19)11-3-4-12(14)10(5-11)6-15/h3-5,7,9,17H,1-2H3. The van der Waals surface area contributed by atoms with Gasteiger partial charge >= 0.3 is 0 Å². The summed E-state index contributed by atoms with van der Waals surface area (Å²) in [5.41, 5.74) is -0.336. The highest BCUT2D eigenvalue weighted by Crippen LogP contribution is 2.18. The summed E-state index contributed by atoms with van der Waals surface area (Å²) >= 11 is 0. The molecule has 0 radical (unpaired) electrons. The topological polar surface area (TPSA) is 96.0 Å². The van der Waals surface area contributed by atoms with E-state index in [0.29, 0.717) is 5.76 Å². The van der Waals surface area contributed by atoms with Crippen LogP contribution >= 0.6 is 0 Å². The Labute approximate surface area is 121 Å². The average Bonchev–Trinajstić information content (AvgIpc) is 2.85. The van der Waals surface area contributed by atoms with Crippen LogP contribution in [-0.4, -0.2) is 13.4 Å². The summed E-state index contributed by atoms with van der Waals surface area (Å²) in [6, 6.07) is 3.91. The van der Waals surface area contributed by atoms with Crippen LogP contribution in [0.4, 0.5) is 4.39 Å². The van der Waals surface area contributed by atoms with Gasteiger partial charge in [-0.3, -0.25) is 0 Å². The van der Waals surface area contributed by atoms with Gasteiger partial charge in [0, 0.05) is 0 Å². The van der Waals surface area contributed by atoms with Gasteiger partial charge < -0.3 is 4.42 Å². The van der Waals surface area contributed by atoms with Gasteiger partial charge in [-0.15, -0.1) is 0 Å². The second kappa shape index (κ2) is 5.63. The Hall–Kier alpha value is -2.24. The van der Waals surface area contributed by atoms with Crippen molar-refractivity contribution in [3.8, 4) is 6.07 Å². The number of hydrogen-bond acceptors (Lipinski definition) is 5. The highest BCUT2D eigenvalue weighted by molar-refractivity contribution is 7.89. The molecule has 0 amide bonds. The van der Waals surface area contributed by atoms with Crippen molar-refractivity contribution in [3.63, 3.8) is 0 Å². The van der Waals surface area contributed by atoms with Crippen molar-refractivity contribution in [3.05, 3.63) is 47.4 Å². The van der Waals surface area contributed by atoms with Gasteiger partial charge in [-0.05, 0) is 32.0 Å². The molecule has 0 spiro atoms. The first kappa shape index (κ1) is 15.2. The fourth-order valence-corrected chi connectivity index (χ4v) is 2.90. The minimum Gasteiger partial charge on any atom is -0.444 e. The Morgan fingerprint density at radius 3 is 2.76 bits per heavy atom. The molecular formula is C13H12FN3O3S. The van der Waals surface area contributed by atoms with Crippen LogP contribution in [0.1, 0.15) is 30.2 Å². The van der Waals surface area contributed by atoms with Crippen molar-refractivity contribution in [1.29, 1.82) is 5.26 Å². The van der Waals surface area contributed by atoms with Gasteiger partial charge in [0.2, 0.25) is 15.9 Å². The van der Waals surface area contributed by atoms with Crippen LogP contribution in [0.3, 0.4) is 0 Å². The Kier molecular flexibility index (Phi) is 4.06. The summed E-state index contributed by atoms with van der Waals surface area (Å²) in [5.74, 6) is 0.0103. The van der Waals surface area contributed by atoms with Crippen molar-refractivity contribution in [2.45, 2.75) is 24.8 Å². The summed E-state index contributed by atoms with van der Waals surface area (Å²) in [4.78, 5) is 3.74. The number of oxazole rings is 1. The Bertz CT molecular complexity index is 808. The zero-order valence-electron chi connectivity index (χ0n) is 11.3. The summed E-state index contributed by atoms with van der Waals surface area (Å²) < 4.78 is 45.2. The third-order valence-corrected chi connectivity index (χ3v) is 4.25. The third kappa shape index (κ3) is 3.26. The first-order valence-corrected chi connectivity index (χ1v) is 7.46. The van der Waals surface area contributed by atoms with Crippen molar-refractivity contribution in [2.75, 3.05) is 0 Å². The molecule has 2 aromatic rings. The molecular weight excluding hydrogens is 297 g/mol. The van der Waals surface area contributed by atoms with Gasteiger partial charge in [0.15, 0.2) is 0 Å².